The molecule has 1 unspecified atom stereocenters. The van der Waals surface area contributed by atoms with Crippen LogP contribution in [0.4, 0.5) is 0 Å². The minimum absolute atomic E-state index is 0.668. The van der Waals surface area contributed by atoms with Crippen LogP contribution in [0.25, 0.3) is 0 Å². The number of rotatable bonds is 5. The molecule has 0 saturated heterocycles. The summed E-state index contributed by atoms with van der Waals surface area (Å²) in [6.45, 7) is 6.70. The van der Waals surface area contributed by atoms with Gasteiger partial charge < -0.3 is 9.88 Å². The average Bonchev–Trinajstić information content (AvgIpc) is 3.06. The molecule has 1 atom stereocenters. The molecule has 17 heavy (non-hydrogen) atoms. The lowest BCUT2D eigenvalue weighted by Gasteiger charge is -2.34. The number of aromatic nitrogens is 2. The van der Waals surface area contributed by atoms with E-state index in [1.807, 2.05) is 6.20 Å². The van der Waals surface area contributed by atoms with Crippen molar-refractivity contribution in [2.24, 2.45) is 0 Å². The highest BCUT2D eigenvalue weighted by Gasteiger charge is 2.26. The third-order valence-electron chi connectivity index (χ3n) is 3.98. The summed E-state index contributed by atoms with van der Waals surface area (Å²) in [7, 11) is 0. The van der Waals surface area contributed by atoms with E-state index in [-0.39, 0.29) is 0 Å². The second kappa shape index (κ2) is 4.78. The Morgan fingerprint density at radius 1 is 1.47 bits per heavy atom. The average molecular weight is 234 g/mol. The number of hydrogen-bond donors (Lipinski definition) is 1. The van der Waals surface area contributed by atoms with Crippen LogP contribution in [0.15, 0.2) is 12.4 Å². The van der Waals surface area contributed by atoms with Crippen LogP contribution in [0.1, 0.15) is 32.0 Å². The molecule has 4 heteroatoms. The predicted octanol–water partition coefficient (Wildman–Crippen LogP) is 1.23. The first-order valence-corrected chi connectivity index (χ1v) is 6.84. The molecule has 1 fully saturated rings. The summed E-state index contributed by atoms with van der Waals surface area (Å²) in [5.41, 5.74) is 0. The number of nitrogens with one attached hydrogen (secondary N) is 1. The first kappa shape index (κ1) is 11.2. The molecule has 0 radical (unpaired) electrons. The van der Waals surface area contributed by atoms with Gasteiger partial charge >= 0.3 is 0 Å². The smallest absolute Gasteiger partial charge is 0.122 e. The van der Waals surface area contributed by atoms with Crippen LogP contribution in [0.3, 0.4) is 0 Å². The second-order valence-corrected chi connectivity index (χ2v) is 5.25. The lowest BCUT2D eigenvalue weighted by atomic mass is 10.1. The zero-order valence-electron chi connectivity index (χ0n) is 10.6. The van der Waals surface area contributed by atoms with Crippen molar-refractivity contribution >= 4 is 0 Å². The van der Waals surface area contributed by atoms with Gasteiger partial charge in [0.15, 0.2) is 0 Å². The van der Waals surface area contributed by atoms with Crippen LogP contribution in [0.5, 0.6) is 0 Å². The third kappa shape index (κ3) is 2.53. The maximum absolute atomic E-state index is 4.43. The molecule has 94 valence electrons. The molecular formula is C13H22N4. The predicted molar refractivity (Wildman–Crippen MR) is 67.7 cm³/mol. The van der Waals surface area contributed by atoms with Crippen LogP contribution in [-0.2, 0) is 13.1 Å². The topological polar surface area (TPSA) is 33.1 Å². The van der Waals surface area contributed by atoms with Crippen molar-refractivity contribution in [2.45, 2.75) is 51.4 Å². The van der Waals surface area contributed by atoms with E-state index in [9.17, 15) is 0 Å². The molecule has 1 aliphatic heterocycles. The van der Waals surface area contributed by atoms with E-state index in [1.54, 1.807) is 0 Å². The molecule has 1 aromatic heterocycles. The molecule has 0 aromatic carbocycles. The van der Waals surface area contributed by atoms with Gasteiger partial charge in [0, 0.05) is 44.1 Å². The highest BCUT2D eigenvalue weighted by Crippen LogP contribution is 2.20. The van der Waals surface area contributed by atoms with E-state index in [2.05, 4.69) is 32.9 Å². The summed E-state index contributed by atoms with van der Waals surface area (Å²) < 4.78 is 2.28. The second-order valence-electron chi connectivity index (χ2n) is 5.25. The molecule has 2 aliphatic rings. The van der Waals surface area contributed by atoms with E-state index in [4.69, 9.17) is 0 Å². The minimum Gasteiger partial charge on any atom is -0.333 e. The van der Waals surface area contributed by atoms with Crippen molar-refractivity contribution < 1.29 is 0 Å². The van der Waals surface area contributed by atoms with Crippen molar-refractivity contribution in [3.05, 3.63) is 18.2 Å². The van der Waals surface area contributed by atoms with Crippen LogP contribution < -0.4 is 5.32 Å². The molecule has 4 nitrogen and oxygen atoms in total. The Morgan fingerprint density at radius 2 is 2.35 bits per heavy atom. The minimum atomic E-state index is 0.668. The van der Waals surface area contributed by atoms with Gasteiger partial charge in [0.05, 0.1) is 6.54 Å². The summed E-state index contributed by atoms with van der Waals surface area (Å²) in [5.74, 6) is 1.22. The van der Waals surface area contributed by atoms with Gasteiger partial charge in [-0.1, -0.05) is 6.92 Å². The van der Waals surface area contributed by atoms with Crippen LogP contribution in [-0.4, -0.2) is 39.6 Å². The summed E-state index contributed by atoms with van der Waals surface area (Å²) in [6.07, 6.45) is 7.99. The third-order valence-corrected chi connectivity index (χ3v) is 3.98. The summed E-state index contributed by atoms with van der Waals surface area (Å²) in [6, 6.07) is 1.48. The van der Waals surface area contributed by atoms with E-state index in [0.29, 0.717) is 6.04 Å². The number of fused-ring (bicyclic) bond motifs is 1. The fraction of sp³-hybridized carbons (Fsp3) is 0.769. The molecule has 1 aliphatic carbocycles. The van der Waals surface area contributed by atoms with E-state index in [1.165, 1.54) is 25.1 Å². The van der Waals surface area contributed by atoms with Gasteiger partial charge in [0.1, 0.15) is 5.82 Å². The summed E-state index contributed by atoms with van der Waals surface area (Å²) in [5, 5.41) is 3.65. The molecule has 0 amide bonds. The largest absolute Gasteiger partial charge is 0.333 e. The SMILES string of the molecule is CCC(CNC1CC1)N1CCn2ccnc2C1. The van der Waals surface area contributed by atoms with Crippen molar-refractivity contribution in [1.82, 2.24) is 19.8 Å². The molecule has 0 bridgehead atoms. The number of imidazole rings is 1. The Morgan fingerprint density at radius 3 is 3.12 bits per heavy atom. The highest BCUT2D eigenvalue weighted by atomic mass is 15.3. The zero-order chi connectivity index (χ0) is 11.7. The molecule has 1 aromatic rings. The Balaban J connectivity index is 1.58. The van der Waals surface area contributed by atoms with Crippen molar-refractivity contribution in [3.63, 3.8) is 0 Å². The Bertz CT molecular complexity index is 369. The lowest BCUT2D eigenvalue weighted by Crippen LogP contribution is -2.46. The molecule has 1 N–H and O–H groups in total. The first-order chi connectivity index (χ1) is 8.36. The quantitative estimate of drug-likeness (QED) is 0.832. The summed E-state index contributed by atoms with van der Waals surface area (Å²) in [4.78, 5) is 7.01. The fourth-order valence-electron chi connectivity index (χ4n) is 2.63. The normalized spacial score (nSPS) is 22.4. The molecule has 3 rings (SSSR count). The van der Waals surface area contributed by atoms with E-state index in [0.717, 1.165) is 32.2 Å². The van der Waals surface area contributed by atoms with Crippen molar-refractivity contribution in [1.29, 1.82) is 0 Å². The summed E-state index contributed by atoms with van der Waals surface area (Å²) >= 11 is 0. The first-order valence-electron chi connectivity index (χ1n) is 6.84. The molecule has 1 saturated carbocycles. The van der Waals surface area contributed by atoms with Crippen molar-refractivity contribution in [3.8, 4) is 0 Å². The standard InChI is InChI=1S/C13H22N4/c1-2-12(9-15-11-3-4-11)17-8-7-16-6-5-14-13(16)10-17/h5-6,11-12,15H,2-4,7-10H2,1H3. The lowest BCUT2D eigenvalue weighted by molar-refractivity contribution is 0.145. The Kier molecular flexibility index (Phi) is 3.16. The van der Waals surface area contributed by atoms with E-state index < -0.39 is 0 Å². The van der Waals surface area contributed by atoms with Gasteiger partial charge in [-0.05, 0) is 19.3 Å². The highest BCUT2D eigenvalue weighted by molar-refractivity contribution is 4.97. The van der Waals surface area contributed by atoms with Crippen LogP contribution >= 0.6 is 0 Å². The van der Waals surface area contributed by atoms with Gasteiger partial charge in [-0.15, -0.1) is 0 Å². The van der Waals surface area contributed by atoms with Crippen LogP contribution in [0.2, 0.25) is 0 Å². The maximum Gasteiger partial charge on any atom is 0.122 e. The van der Waals surface area contributed by atoms with Crippen molar-refractivity contribution in [2.75, 3.05) is 13.1 Å². The Hall–Kier alpha value is -0.870. The van der Waals surface area contributed by atoms with Crippen LogP contribution in [0, 0.1) is 0 Å². The van der Waals surface area contributed by atoms with Gasteiger partial charge in [-0.2, -0.15) is 0 Å². The van der Waals surface area contributed by atoms with Gasteiger partial charge in [0.25, 0.3) is 0 Å². The van der Waals surface area contributed by atoms with Gasteiger partial charge in [0.2, 0.25) is 0 Å². The molecule has 2 heterocycles. The van der Waals surface area contributed by atoms with Gasteiger partial charge in [-0.3, -0.25) is 4.90 Å². The Labute approximate surface area is 103 Å². The maximum atomic E-state index is 4.43. The number of hydrogen-bond acceptors (Lipinski definition) is 3. The molecule has 0 spiro atoms. The number of nitrogens with zero attached hydrogens (tertiary/aromatic N) is 3. The fourth-order valence-corrected chi connectivity index (χ4v) is 2.63. The van der Waals surface area contributed by atoms with E-state index >= 15 is 0 Å². The van der Waals surface area contributed by atoms with Gasteiger partial charge in [-0.25, -0.2) is 4.98 Å². The monoisotopic (exact) mass is 234 g/mol. The molecular weight excluding hydrogens is 212 g/mol. The zero-order valence-corrected chi connectivity index (χ0v) is 10.6.